The molecule has 1 aliphatic rings. The second-order valence-electron chi connectivity index (χ2n) is 2.58. The molecule has 1 atom stereocenters. The summed E-state index contributed by atoms with van der Waals surface area (Å²) in [6.07, 6.45) is -2.11. The normalized spacial score (nSPS) is 26.5. The molecular formula is C7H8F2O4. The molecule has 4 nitrogen and oxygen atoms in total. The van der Waals surface area contributed by atoms with E-state index in [0.29, 0.717) is 6.08 Å². The molecule has 0 aliphatic carbocycles. The zero-order chi connectivity index (χ0) is 9.90. The Kier molecular flexibility index (Phi) is 2.82. The summed E-state index contributed by atoms with van der Waals surface area (Å²) in [5.41, 5.74) is 0. The number of hydrogen-bond donors (Lipinski definition) is 0. The van der Waals surface area contributed by atoms with Crippen LogP contribution in [0.15, 0.2) is 12.2 Å². The first-order valence-electron chi connectivity index (χ1n) is 3.53. The minimum Gasteiger partial charge on any atom is -0.427 e. The van der Waals surface area contributed by atoms with Crippen LogP contribution < -0.4 is 0 Å². The fraction of sp³-hybridized carbons (Fsp3) is 0.571. The van der Waals surface area contributed by atoms with Crippen molar-refractivity contribution >= 4 is 6.16 Å². The van der Waals surface area contributed by atoms with E-state index in [1.54, 1.807) is 0 Å². The van der Waals surface area contributed by atoms with Crippen molar-refractivity contribution < 1.29 is 27.8 Å². The lowest BCUT2D eigenvalue weighted by molar-refractivity contribution is -0.157. The van der Waals surface area contributed by atoms with Crippen molar-refractivity contribution in [1.29, 1.82) is 0 Å². The molecule has 0 bridgehead atoms. The number of ether oxygens (including phenoxy) is 3. The second kappa shape index (κ2) is 3.69. The monoisotopic (exact) mass is 194 g/mol. The standard InChI is InChI=1S/C7H8F2O4/c1-7(4-11-6(10)13-7)12-3-2-5(8)9/h2H,3-4H2,1H3. The van der Waals surface area contributed by atoms with Gasteiger partial charge in [-0.2, -0.15) is 8.78 Å². The van der Waals surface area contributed by atoms with Crippen LogP contribution in [0.3, 0.4) is 0 Å². The highest BCUT2D eigenvalue weighted by atomic mass is 19.3. The summed E-state index contributed by atoms with van der Waals surface area (Å²) in [5, 5.41) is 0. The predicted octanol–water partition coefficient (Wildman–Crippen LogP) is 1.67. The molecule has 0 radical (unpaired) electrons. The van der Waals surface area contributed by atoms with Crippen LogP contribution in [0, 0.1) is 0 Å². The molecule has 1 heterocycles. The molecule has 1 rings (SSSR count). The van der Waals surface area contributed by atoms with E-state index in [4.69, 9.17) is 4.74 Å². The average Bonchev–Trinajstić information content (AvgIpc) is 2.30. The van der Waals surface area contributed by atoms with E-state index in [0.717, 1.165) is 0 Å². The molecule has 0 amide bonds. The topological polar surface area (TPSA) is 44.8 Å². The van der Waals surface area contributed by atoms with Crippen LogP contribution in [0.4, 0.5) is 13.6 Å². The Bertz CT molecular complexity index is 237. The van der Waals surface area contributed by atoms with Crippen LogP contribution in [-0.4, -0.2) is 25.2 Å². The number of rotatable bonds is 3. The molecule has 74 valence electrons. The Morgan fingerprint density at radius 1 is 1.77 bits per heavy atom. The maximum Gasteiger partial charge on any atom is 0.511 e. The number of halogens is 2. The van der Waals surface area contributed by atoms with Gasteiger partial charge in [0.1, 0.15) is 0 Å². The van der Waals surface area contributed by atoms with Crippen LogP contribution in [0.2, 0.25) is 0 Å². The first kappa shape index (κ1) is 9.91. The van der Waals surface area contributed by atoms with Gasteiger partial charge in [0.15, 0.2) is 6.61 Å². The second-order valence-corrected chi connectivity index (χ2v) is 2.58. The van der Waals surface area contributed by atoms with Crippen molar-refractivity contribution in [2.24, 2.45) is 0 Å². The van der Waals surface area contributed by atoms with E-state index in [1.807, 2.05) is 0 Å². The number of carbonyl (C=O) groups excluding carboxylic acids is 1. The summed E-state index contributed by atoms with van der Waals surface area (Å²) in [4.78, 5) is 10.5. The van der Waals surface area contributed by atoms with Crippen LogP contribution in [0.25, 0.3) is 0 Å². The summed E-state index contributed by atoms with van der Waals surface area (Å²) in [6.45, 7) is 1.02. The van der Waals surface area contributed by atoms with Gasteiger partial charge in [-0.15, -0.1) is 0 Å². The lowest BCUT2D eigenvalue weighted by Gasteiger charge is -2.18. The molecule has 1 saturated heterocycles. The fourth-order valence-corrected chi connectivity index (χ4v) is 0.777. The molecule has 0 aromatic carbocycles. The summed E-state index contributed by atoms with van der Waals surface area (Å²) in [5.74, 6) is -1.25. The smallest absolute Gasteiger partial charge is 0.427 e. The Morgan fingerprint density at radius 3 is 2.92 bits per heavy atom. The summed E-state index contributed by atoms with van der Waals surface area (Å²) in [6, 6.07) is 0. The van der Waals surface area contributed by atoms with Crippen LogP contribution in [-0.2, 0) is 14.2 Å². The number of cyclic esters (lactones) is 2. The third-order valence-corrected chi connectivity index (χ3v) is 1.38. The lowest BCUT2D eigenvalue weighted by Crippen LogP contribution is -2.31. The van der Waals surface area contributed by atoms with Gasteiger partial charge in [-0.25, -0.2) is 4.79 Å². The van der Waals surface area contributed by atoms with E-state index in [2.05, 4.69) is 9.47 Å². The molecule has 1 aliphatic heterocycles. The van der Waals surface area contributed by atoms with Gasteiger partial charge >= 0.3 is 6.16 Å². The molecular weight excluding hydrogens is 186 g/mol. The van der Waals surface area contributed by atoms with Crippen molar-refractivity contribution in [3.8, 4) is 0 Å². The highest BCUT2D eigenvalue weighted by Crippen LogP contribution is 2.20. The minimum atomic E-state index is -1.84. The first-order chi connectivity index (χ1) is 6.02. The van der Waals surface area contributed by atoms with Crippen molar-refractivity contribution in [2.75, 3.05) is 13.2 Å². The van der Waals surface area contributed by atoms with Gasteiger partial charge < -0.3 is 14.2 Å². The summed E-state index contributed by atoms with van der Waals surface area (Å²) < 4.78 is 37.0. The molecule has 0 spiro atoms. The van der Waals surface area contributed by atoms with Crippen LogP contribution in [0.5, 0.6) is 0 Å². The van der Waals surface area contributed by atoms with E-state index >= 15 is 0 Å². The van der Waals surface area contributed by atoms with E-state index in [-0.39, 0.29) is 13.2 Å². The Morgan fingerprint density at radius 2 is 2.46 bits per heavy atom. The summed E-state index contributed by atoms with van der Waals surface area (Å²) in [7, 11) is 0. The third kappa shape index (κ3) is 2.98. The SMILES string of the molecule is CC1(OCC=C(F)F)COC(=O)O1. The van der Waals surface area contributed by atoms with Gasteiger partial charge in [-0.3, -0.25) is 0 Å². The van der Waals surface area contributed by atoms with Crippen molar-refractivity contribution in [3.63, 3.8) is 0 Å². The average molecular weight is 194 g/mol. The van der Waals surface area contributed by atoms with Gasteiger partial charge in [-0.1, -0.05) is 0 Å². The van der Waals surface area contributed by atoms with E-state index in [1.165, 1.54) is 6.92 Å². The maximum atomic E-state index is 11.6. The van der Waals surface area contributed by atoms with Gasteiger partial charge in [0.25, 0.3) is 6.08 Å². The highest BCUT2D eigenvalue weighted by Gasteiger charge is 2.38. The zero-order valence-electron chi connectivity index (χ0n) is 6.88. The molecule has 13 heavy (non-hydrogen) atoms. The summed E-state index contributed by atoms with van der Waals surface area (Å²) >= 11 is 0. The van der Waals surface area contributed by atoms with Crippen molar-refractivity contribution in [3.05, 3.63) is 12.2 Å². The van der Waals surface area contributed by atoms with Gasteiger partial charge in [0.05, 0.1) is 6.61 Å². The molecule has 0 aromatic heterocycles. The quantitative estimate of drug-likeness (QED) is 0.641. The highest BCUT2D eigenvalue weighted by molar-refractivity contribution is 5.62. The largest absolute Gasteiger partial charge is 0.511 e. The van der Waals surface area contributed by atoms with Crippen molar-refractivity contribution in [1.82, 2.24) is 0 Å². The zero-order valence-corrected chi connectivity index (χ0v) is 6.88. The molecule has 1 unspecified atom stereocenters. The Balaban J connectivity index is 2.36. The van der Waals surface area contributed by atoms with Crippen LogP contribution >= 0.6 is 0 Å². The predicted molar refractivity (Wildman–Crippen MR) is 37.1 cm³/mol. The van der Waals surface area contributed by atoms with E-state index < -0.39 is 18.0 Å². The third-order valence-electron chi connectivity index (χ3n) is 1.38. The maximum absolute atomic E-state index is 11.6. The molecule has 0 saturated carbocycles. The molecule has 6 heteroatoms. The lowest BCUT2D eigenvalue weighted by atomic mass is 10.3. The molecule has 0 N–H and O–H groups in total. The van der Waals surface area contributed by atoms with Crippen LogP contribution in [0.1, 0.15) is 6.92 Å². The number of carbonyl (C=O) groups is 1. The fourth-order valence-electron chi connectivity index (χ4n) is 0.777. The van der Waals surface area contributed by atoms with Gasteiger partial charge in [0, 0.05) is 13.0 Å². The van der Waals surface area contributed by atoms with Gasteiger partial charge in [0.2, 0.25) is 5.79 Å². The molecule has 1 fully saturated rings. The Hall–Kier alpha value is -1.17. The van der Waals surface area contributed by atoms with Crippen molar-refractivity contribution in [2.45, 2.75) is 12.7 Å². The Labute approximate surface area is 73.1 Å². The number of hydrogen-bond acceptors (Lipinski definition) is 4. The molecule has 0 aromatic rings. The van der Waals surface area contributed by atoms with Gasteiger partial charge in [-0.05, 0) is 0 Å². The first-order valence-corrected chi connectivity index (χ1v) is 3.53. The van der Waals surface area contributed by atoms with E-state index in [9.17, 15) is 13.6 Å². The minimum absolute atomic E-state index is 0.0897.